The maximum atomic E-state index is 13.3. The molecule has 4 heterocycles. The Labute approximate surface area is 196 Å². The Hall–Kier alpha value is -2.53. The van der Waals surface area contributed by atoms with Gasteiger partial charge in [0.15, 0.2) is 5.72 Å². The average Bonchev–Trinajstić information content (AvgIpc) is 3.18. The smallest absolute Gasteiger partial charge is 0.315 e. The van der Waals surface area contributed by atoms with Crippen molar-refractivity contribution < 1.29 is 14.3 Å². The number of ether oxygens (including phenoxy) is 2. The van der Waals surface area contributed by atoms with Crippen LogP contribution in [-0.2, 0) is 22.4 Å². The van der Waals surface area contributed by atoms with Crippen molar-refractivity contribution in [3.05, 3.63) is 59.2 Å². The number of nitrogens with one attached hydrogen (secondary N) is 1. The maximum Gasteiger partial charge on any atom is 0.315 e. The van der Waals surface area contributed by atoms with Crippen molar-refractivity contribution in [2.45, 2.75) is 69.6 Å². The van der Waals surface area contributed by atoms with Gasteiger partial charge in [0.25, 0.3) is 0 Å². The van der Waals surface area contributed by atoms with Gasteiger partial charge < -0.3 is 14.8 Å². The molecule has 0 saturated carbocycles. The molecule has 4 aliphatic heterocycles. The molecule has 5 heteroatoms. The van der Waals surface area contributed by atoms with Gasteiger partial charge in [-0.3, -0.25) is 9.69 Å². The molecule has 33 heavy (non-hydrogen) atoms. The number of hydrogen-bond acceptors (Lipinski definition) is 5. The molecule has 0 aromatic heterocycles. The first kappa shape index (κ1) is 21.0. The summed E-state index contributed by atoms with van der Waals surface area (Å²) in [5, 5.41) is 3.55. The molecular weight excluding hydrogens is 412 g/mol. The van der Waals surface area contributed by atoms with Crippen LogP contribution >= 0.6 is 0 Å². The standard InChI is InChI=1S/C28H34N2O3/c1-19-25(27(31)32-17-13-20-8-3-2-4-9-20)26-22-18-21-10-7-16-30-15-6-5-14-28(21,30)33-24(22)12-11-23(26)29-19/h2-4,8-9,11-12,19,21,25,29H,5-7,10,13-18H2,1H3. The lowest BCUT2D eigenvalue weighted by atomic mass is 9.73. The summed E-state index contributed by atoms with van der Waals surface area (Å²) in [5.74, 6) is 1.07. The van der Waals surface area contributed by atoms with E-state index in [0.717, 1.165) is 49.4 Å². The lowest BCUT2D eigenvalue weighted by Crippen LogP contribution is -2.64. The summed E-state index contributed by atoms with van der Waals surface area (Å²) in [4.78, 5) is 15.9. The van der Waals surface area contributed by atoms with E-state index >= 15 is 0 Å². The number of piperidine rings is 2. The summed E-state index contributed by atoms with van der Waals surface area (Å²) < 4.78 is 12.7. The number of benzene rings is 2. The van der Waals surface area contributed by atoms with Crippen LogP contribution in [0.25, 0.3) is 0 Å². The predicted octanol–water partition coefficient (Wildman–Crippen LogP) is 4.90. The average molecular weight is 447 g/mol. The molecule has 6 rings (SSSR count). The monoisotopic (exact) mass is 446 g/mol. The largest absolute Gasteiger partial charge is 0.472 e. The second kappa shape index (κ2) is 8.35. The topological polar surface area (TPSA) is 50.8 Å². The number of nitrogens with zero attached hydrogens (tertiary/aromatic N) is 1. The van der Waals surface area contributed by atoms with Crippen LogP contribution < -0.4 is 10.1 Å². The highest BCUT2D eigenvalue weighted by Gasteiger charge is 2.53. The van der Waals surface area contributed by atoms with Crippen molar-refractivity contribution in [2.75, 3.05) is 25.0 Å². The fraction of sp³-hybridized carbons (Fsp3) is 0.536. The van der Waals surface area contributed by atoms with Gasteiger partial charge in [-0.25, -0.2) is 0 Å². The number of fused-ring (bicyclic) bond motifs is 3. The van der Waals surface area contributed by atoms with Crippen molar-refractivity contribution in [1.82, 2.24) is 4.90 Å². The number of esters is 1. The number of carbonyl (C=O) groups is 1. The van der Waals surface area contributed by atoms with E-state index in [2.05, 4.69) is 41.4 Å². The summed E-state index contributed by atoms with van der Waals surface area (Å²) in [6, 6.07) is 14.5. The molecule has 2 fully saturated rings. The first-order chi connectivity index (χ1) is 16.2. The highest BCUT2D eigenvalue weighted by molar-refractivity contribution is 5.86. The van der Waals surface area contributed by atoms with Gasteiger partial charge >= 0.3 is 5.97 Å². The molecule has 5 nitrogen and oxygen atoms in total. The first-order valence-corrected chi connectivity index (χ1v) is 12.7. The van der Waals surface area contributed by atoms with Crippen LogP contribution in [-0.4, -0.2) is 42.3 Å². The third-order valence-corrected chi connectivity index (χ3v) is 8.34. The minimum Gasteiger partial charge on any atom is -0.472 e. The second-order valence-electron chi connectivity index (χ2n) is 10.3. The number of hydrogen-bond donors (Lipinski definition) is 1. The minimum absolute atomic E-state index is 0.0177. The minimum atomic E-state index is -0.283. The molecule has 0 amide bonds. The Kier molecular flexibility index (Phi) is 5.33. The van der Waals surface area contributed by atoms with Crippen LogP contribution in [0.5, 0.6) is 5.75 Å². The number of anilines is 1. The second-order valence-corrected chi connectivity index (χ2v) is 10.3. The quantitative estimate of drug-likeness (QED) is 0.677. The Morgan fingerprint density at radius 1 is 1.15 bits per heavy atom. The fourth-order valence-electron chi connectivity index (χ4n) is 6.78. The van der Waals surface area contributed by atoms with Gasteiger partial charge in [-0.15, -0.1) is 0 Å². The van der Waals surface area contributed by atoms with Crippen molar-refractivity contribution in [1.29, 1.82) is 0 Å². The van der Waals surface area contributed by atoms with E-state index in [1.54, 1.807) is 0 Å². The van der Waals surface area contributed by atoms with E-state index in [1.807, 2.05) is 18.2 Å². The molecule has 1 N–H and O–H groups in total. The van der Waals surface area contributed by atoms with Gasteiger partial charge in [0, 0.05) is 49.1 Å². The zero-order chi connectivity index (χ0) is 22.4. The molecule has 2 aromatic carbocycles. The summed E-state index contributed by atoms with van der Waals surface area (Å²) >= 11 is 0. The highest BCUT2D eigenvalue weighted by Crippen LogP contribution is 2.52. The van der Waals surface area contributed by atoms with Gasteiger partial charge in [-0.2, -0.15) is 0 Å². The van der Waals surface area contributed by atoms with Crippen LogP contribution in [0, 0.1) is 5.92 Å². The van der Waals surface area contributed by atoms with Crippen LogP contribution in [0.2, 0.25) is 0 Å². The van der Waals surface area contributed by atoms with E-state index < -0.39 is 0 Å². The van der Waals surface area contributed by atoms with Gasteiger partial charge in [0.1, 0.15) is 11.7 Å². The molecule has 2 aromatic rings. The fourth-order valence-corrected chi connectivity index (χ4v) is 6.78. The molecule has 174 valence electrons. The van der Waals surface area contributed by atoms with E-state index in [9.17, 15) is 4.79 Å². The SMILES string of the molecule is CC1Nc2ccc3c(c2C1C(=O)OCCc1ccccc1)CC1CCCN2CCCCC12O3. The van der Waals surface area contributed by atoms with Crippen LogP contribution in [0.1, 0.15) is 61.6 Å². The molecular formula is C28H34N2O3. The van der Waals surface area contributed by atoms with Crippen molar-refractivity contribution >= 4 is 11.7 Å². The summed E-state index contributed by atoms with van der Waals surface area (Å²) in [6.45, 7) is 4.79. The zero-order valence-corrected chi connectivity index (χ0v) is 19.5. The van der Waals surface area contributed by atoms with Gasteiger partial charge in [-0.05, 0) is 62.3 Å². The van der Waals surface area contributed by atoms with E-state index in [-0.39, 0.29) is 23.7 Å². The van der Waals surface area contributed by atoms with Crippen molar-refractivity contribution in [2.24, 2.45) is 5.92 Å². The molecule has 0 bridgehead atoms. The summed E-state index contributed by atoms with van der Waals surface area (Å²) in [5.41, 5.74) is 4.47. The van der Waals surface area contributed by atoms with Gasteiger partial charge in [0.2, 0.25) is 0 Å². The molecule has 4 atom stereocenters. The third-order valence-electron chi connectivity index (χ3n) is 8.34. The maximum absolute atomic E-state index is 13.3. The zero-order valence-electron chi connectivity index (χ0n) is 19.5. The molecule has 1 spiro atoms. The van der Waals surface area contributed by atoms with Crippen LogP contribution in [0.4, 0.5) is 5.69 Å². The van der Waals surface area contributed by atoms with Crippen molar-refractivity contribution in [3.63, 3.8) is 0 Å². The Morgan fingerprint density at radius 2 is 2.00 bits per heavy atom. The van der Waals surface area contributed by atoms with E-state index in [1.165, 1.54) is 36.8 Å². The normalized spacial score (nSPS) is 30.2. The summed E-state index contributed by atoms with van der Waals surface area (Å²) in [7, 11) is 0. The Bertz CT molecular complexity index is 1040. The van der Waals surface area contributed by atoms with E-state index in [0.29, 0.717) is 12.5 Å². The highest BCUT2D eigenvalue weighted by atomic mass is 16.5. The third kappa shape index (κ3) is 3.52. The molecule has 0 aliphatic carbocycles. The molecule has 4 aliphatic rings. The van der Waals surface area contributed by atoms with Crippen molar-refractivity contribution in [3.8, 4) is 5.75 Å². The van der Waals surface area contributed by atoms with E-state index in [4.69, 9.17) is 9.47 Å². The first-order valence-electron chi connectivity index (χ1n) is 12.7. The molecule has 2 saturated heterocycles. The van der Waals surface area contributed by atoms with Gasteiger partial charge in [0.05, 0.1) is 6.61 Å². The number of carbonyl (C=O) groups excluding carboxylic acids is 1. The van der Waals surface area contributed by atoms with Gasteiger partial charge in [-0.1, -0.05) is 30.3 Å². The Balaban J connectivity index is 1.26. The molecule has 0 radical (unpaired) electrons. The van der Waals surface area contributed by atoms with Crippen LogP contribution in [0.3, 0.4) is 0 Å². The Morgan fingerprint density at radius 3 is 2.88 bits per heavy atom. The molecule has 4 unspecified atom stereocenters. The lowest BCUT2D eigenvalue weighted by molar-refractivity contribution is -0.177. The lowest BCUT2D eigenvalue weighted by Gasteiger charge is -2.56. The predicted molar refractivity (Wildman–Crippen MR) is 129 cm³/mol. The number of rotatable bonds is 4. The summed E-state index contributed by atoms with van der Waals surface area (Å²) in [6.07, 6.45) is 7.80. The van der Waals surface area contributed by atoms with Crippen LogP contribution in [0.15, 0.2) is 42.5 Å².